The predicted octanol–water partition coefficient (Wildman–Crippen LogP) is 5.32. The van der Waals surface area contributed by atoms with Crippen molar-refractivity contribution in [2.75, 3.05) is 11.1 Å². The zero-order chi connectivity index (χ0) is 21.4. The van der Waals surface area contributed by atoms with Gasteiger partial charge in [0.25, 0.3) is 0 Å². The maximum absolute atomic E-state index is 9.19. The van der Waals surface area contributed by atoms with Gasteiger partial charge in [0, 0.05) is 34.9 Å². The first kappa shape index (κ1) is 19.3. The Hall–Kier alpha value is -3.65. The highest BCUT2D eigenvalue weighted by molar-refractivity contribution is 6.14. The molecule has 0 unspecified atom stereocenters. The van der Waals surface area contributed by atoms with E-state index in [0.717, 1.165) is 36.1 Å². The Morgan fingerprint density at radius 2 is 1.97 bits per heavy atom. The molecule has 2 aliphatic carbocycles. The molecule has 5 rings (SSSR count). The molecule has 0 aliphatic heterocycles. The largest absolute Gasteiger partial charge is 0.398 e. The van der Waals surface area contributed by atoms with Crippen molar-refractivity contribution in [2.24, 2.45) is 0 Å². The van der Waals surface area contributed by atoms with Crippen LogP contribution in [-0.2, 0) is 6.42 Å². The number of rotatable bonds is 5. The predicted molar refractivity (Wildman–Crippen MR) is 123 cm³/mol. The number of anilines is 2. The highest BCUT2D eigenvalue weighted by atomic mass is 14.9. The number of nitriles is 1. The highest BCUT2D eigenvalue weighted by Crippen LogP contribution is 2.40. The van der Waals surface area contributed by atoms with Crippen LogP contribution in [0.4, 0.5) is 11.4 Å². The van der Waals surface area contributed by atoms with Crippen LogP contribution in [-0.4, -0.2) is 10.7 Å². The first-order valence-electron chi connectivity index (χ1n) is 10.9. The number of aromatic nitrogens is 1. The van der Waals surface area contributed by atoms with Gasteiger partial charge < -0.3 is 11.1 Å². The molecular formula is C26H25N5. The molecule has 1 atom stereocenters. The molecule has 0 spiro atoms. The Kier molecular flexibility index (Phi) is 4.91. The number of nitrogen functional groups attached to an aromatic ring is 1. The molecular weight excluding hydrogens is 382 g/mol. The number of nitrogens with one attached hydrogen (secondary N) is 2. The van der Waals surface area contributed by atoms with Crippen LogP contribution in [0.15, 0.2) is 54.9 Å². The SMILES string of the molecule is N#Cc1ccc2c(c1)CCC[C@@H]2Nc1ccc(N)c(C(=N)c2cncc(C3CC3)c2)c1. The van der Waals surface area contributed by atoms with Gasteiger partial charge in [-0.15, -0.1) is 0 Å². The van der Waals surface area contributed by atoms with Crippen molar-refractivity contribution >= 4 is 17.1 Å². The molecule has 4 N–H and O–H groups in total. The summed E-state index contributed by atoms with van der Waals surface area (Å²) in [4.78, 5) is 4.36. The Labute approximate surface area is 182 Å². The number of aryl methyl sites for hydroxylation is 1. The molecule has 0 radical (unpaired) electrons. The topological polar surface area (TPSA) is 98.6 Å². The van der Waals surface area contributed by atoms with Crippen molar-refractivity contribution in [3.63, 3.8) is 0 Å². The van der Waals surface area contributed by atoms with Crippen LogP contribution in [0.1, 0.15) is 71.0 Å². The van der Waals surface area contributed by atoms with E-state index >= 15 is 0 Å². The molecule has 1 heterocycles. The summed E-state index contributed by atoms with van der Waals surface area (Å²) >= 11 is 0. The average Bonchev–Trinajstić information content (AvgIpc) is 3.65. The molecule has 0 bridgehead atoms. The molecule has 2 aliphatic rings. The molecule has 1 saturated carbocycles. The van der Waals surface area contributed by atoms with Crippen LogP contribution in [0.5, 0.6) is 0 Å². The maximum Gasteiger partial charge on any atom is 0.0991 e. The van der Waals surface area contributed by atoms with E-state index in [0.29, 0.717) is 22.9 Å². The van der Waals surface area contributed by atoms with E-state index in [1.54, 1.807) is 6.20 Å². The second-order valence-electron chi connectivity index (χ2n) is 8.57. The smallest absolute Gasteiger partial charge is 0.0991 e. The second kappa shape index (κ2) is 7.88. The Balaban J connectivity index is 1.41. The van der Waals surface area contributed by atoms with Gasteiger partial charge in [-0.05, 0) is 91.1 Å². The number of hydrogen-bond donors (Lipinski definition) is 3. The summed E-state index contributed by atoms with van der Waals surface area (Å²) in [5.74, 6) is 0.596. The van der Waals surface area contributed by atoms with Crippen molar-refractivity contribution in [3.05, 3.63) is 88.2 Å². The normalized spacial score (nSPS) is 17.5. The van der Waals surface area contributed by atoms with Gasteiger partial charge in [0.05, 0.1) is 23.4 Å². The molecule has 5 heteroatoms. The van der Waals surface area contributed by atoms with E-state index in [4.69, 9.17) is 11.1 Å². The van der Waals surface area contributed by atoms with E-state index in [-0.39, 0.29) is 6.04 Å². The first-order chi connectivity index (χ1) is 15.1. The summed E-state index contributed by atoms with van der Waals surface area (Å²) in [5.41, 5.74) is 14.1. The van der Waals surface area contributed by atoms with Gasteiger partial charge in [-0.3, -0.25) is 10.4 Å². The third-order valence-corrected chi connectivity index (χ3v) is 6.35. The van der Waals surface area contributed by atoms with Crippen molar-refractivity contribution < 1.29 is 0 Å². The van der Waals surface area contributed by atoms with Crippen LogP contribution in [0.25, 0.3) is 0 Å². The number of hydrogen-bond acceptors (Lipinski definition) is 5. The summed E-state index contributed by atoms with van der Waals surface area (Å²) in [7, 11) is 0. The third kappa shape index (κ3) is 3.89. The zero-order valence-electron chi connectivity index (χ0n) is 17.4. The Morgan fingerprint density at radius 3 is 2.77 bits per heavy atom. The van der Waals surface area contributed by atoms with E-state index in [2.05, 4.69) is 28.5 Å². The summed E-state index contributed by atoms with van der Waals surface area (Å²) in [6.07, 6.45) is 9.19. The fraction of sp³-hybridized carbons (Fsp3) is 0.269. The minimum Gasteiger partial charge on any atom is -0.398 e. The minimum atomic E-state index is 0.182. The molecule has 2 aromatic carbocycles. The number of nitrogens with two attached hydrogens (primary N) is 1. The summed E-state index contributed by atoms with van der Waals surface area (Å²) in [5, 5.41) is 21.6. The minimum absolute atomic E-state index is 0.182. The lowest BCUT2D eigenvalue weighted by Crippen LogP contribution is -2.18. The first-order valence-corrected chi connectivity index (χ1v) is 10.9. The van der Waals surface area contributed by atoms with Crippen LogP contribution in [0.3, 0.4) is 0 Å². The number of pyridine rings is 1. The Bertz CT molecular complexity index is 1200. The monoisotopic (exact) mass is 407 g/mol. The van der Waals surface area contributed by atoms with Crippen molar-refractivity contribution in [1.29, 1.82) is 10.7 Å². The number of benzene rings is 2. The van der Waals surface area contributed by atoms with E-state index in [1.165, 1.54) is 29.5 Å². The van der Waals surface area contributed by atoms with Crippen LogP contribution in [0, 0.1) is 16.7 Å². The van der Waals surface area contributed by atoms with Crippen molar-refractivity contribution in [3.8, 4) is 6.07 Å². The molecule has 3 aromatic rings. The average molecular weight is 408 g/mol. The fourth-order valence-electron chi connectivity index (χ4n) is 4.49. The lowest BCUT2D eigenvalue weighted by Gasteiger charge is -2.27. The lowest BCUT2D eigenvalue weighted by molar-refractivity contribution is 0.600. The van der Waals surface area contributed by atoms with E-state index in [9.17, 15) is 5.26 Å². The van der Waals surface area contributed by atoms with Gasteiger partial charge in [-0.1, -0.05) is 6.07 Å². The van der Waals surface area contributed by atoms with Gasteiger partial charge in [0.1, 0.15) is 0 Å². The van der Waals surface area contributed by atoms with Gasteiger partial charge in [-0.25, -0.2) is 0 Å². The fourth-order valence-corrected chi connectivity index (χ4v) is 4.49. The highest BCUT2D eigenvalue weighted by Gasteiger charge is 2.25. The van der Waals surface area contributed by atoms with Gasteiger partial charge >= 0.3 is 0 Å². The molecule has 31 heavy (non-hydrogen) atoms. The second-order valence-corrected chi connectivity index (χ2v) is 8.57. The molecule has 154 valence electrons. The maximum atomic E-state index is 9.19. The molecule has 0 saturated heterocycles. The quantitative estimate of drug-likeness (QED) is 0.394. The van der Waals surface area contributed by atoms with Crippen molar-refractivity contribution in [2.45, 2.75) is 44.1 Å². The van der Waals surface area contributed by atoms with E-state index < -0.39 is 0 Å². The van der Waals surface area contributed by atoms with Crippen molar-refractivity contribution in [1.82, 2.24) is 4.98 Å². The van der Waals surface area contributed by atoms with Crippen LogP contribution >= 0.6 is 0 Å². The summed E-state index contributed by atoms with van der Waals surface area (Å²) in [6.45, 7) is 0. The number of fused-ring (bicyclic) bond motifs is 1. The number of nitrogens with zero attached hydrogens (tertiary/aromatic N) is 2. The van der Waals surface area contributed by atoms with Crippen LogP contribution in [0.2, 0.25) is 0 Å². The standard InChI is InChI=1S/C26H25N5/c27-13-16-4-8-22-18(10-16)2-1-3-25(22)31-21-7-9-24(28)23(12-21)26(29)20-11-19(14-30-15-20)17-5-6-17/h4,7-12,14-15,17,25,29,31H,1-3,5-6,28H2/t25-/m0/s1. The molecule has 1 fully saturated rings. The third-order valence-electron chi connectivity index (χ3n) is 6.35. The van der Waals surface area contributed by atoms with Gasteiger partial charge in [0.15, 0.2) is 0 Å². The zero-order valence-corrected chi connectivity index (χ0v) is 17.4. The molecule has 0 amide bonds. The molecule has 5 nitrogen and oxygen atoms in total. The summed E-state index contributed by atoms with van der Waals surface area (Å²) in [6, 6.07) is 16.3. The van der Waals surface area contributed by atoms with Crippen LogP contribution < -0.4 is 11.1 Å². The Morgan fingerprint density at radius 1 is 1.10 bits per heavy atom. The summed E-state index contributed by atoms with van der Waals surface area (Å²) < 4.78 is 0. The van der Waals surface area contributed by atoms with Gasteiger partial charge in [0.2, 0.25) is 0 Å². The van der Waals surface area contributed by atoms with Gasteiger partial charge in [-0.2, -0.15) is 5.26 Å². The van der Waals surface area contributed by atoms with E-state index in [1.807, 2.05) is 36.5 Å². The lowest BCUT2D eigenvalue weighted by atomic mass is 9.86. The molecule has 1 aromatic heterocycles.